The van der Waals surface area contributed by atoms with Gasteiger partial charge in [0.1, 0.15) is 12.8 Å². The predicted octanol–water partition coefficient (Wildman–Crippen LogP) is 3.53. The van der Waals surface area contributed by atoms with E-state index in [0.717, 1.165) is 41.7 Å². The Kier molecular flexibility index (Phi) is 7.33. The maximum absolute atomic E-state index is 10.5. The zero-order valence-electron chi connectivity index (χ0n) is 20.1. The molecule has 0 unspecified atom stereocenters. The number of nitrogen functional groups attached to an aromatic ring is 1. The Labute approximate surface area is 191 Å². The van der Waals surface area contributed by atoms with E-state index in [1.807, 2.05) is 20.0 Å². The first-order valence-electron chi connectivity index (χ1n) is 11.4. The highest BCUT2D eigenvalue weighted by Crippen LogP contribution is 2.33. The van der Waals surface area contributed by atoms with E-state index in [1.165, 1.54) is 5.69 Å². The summed E-state index contributed by atoms with van der Waals surface area (Å²) >= 11 is 0. The zero-order valence-corrected chi connectivity index (χ0v) is 20.1. The molecule has 6 heteroatoms. The lowest BCUT2D eigenvalue weighted by atomic mass is 10.0. The van der Waals surface area contributed by atoms with Crippen LogP contribution in [-0.2, 0) is 0 Å². The molecule has 1 aromatic heterocycles. The van der Waals surface area contributed by atoms with Crippen LogP contribution in [0.5, 0.6) is 5.75 Å². The number of phenolic OH excluding ortho intramolecular Hbond substituents is 1. The van der Waals surface area contributed by atoms with Crippen LogP contribution < -0.4 is 15.6 Å². The summed E-state index contributed by atoms with van der Waals surface area (Å²) in [5.41, 5.74) is 10.8. The molecule has 1 atom stereocenters. The summed E-state index contributed by atoms with van der Waals surface area (Å²) in [5, 5.41) is 11.5. The average Bonchev–Trinajstić information content (AvgIpc) is 2.74. The summed E-state index contributed by atoms with van der Waals surface area (Å²) in [6.07, 6.45) is 2.95. The van der Waals surface area contributed by atoms with Gasteiger partial charge < -0.3 is 15.7 Å². The summed E-state index contributed by atoms with van der Waals surface area (Å²) in [7, 11) is 1.81. The van der Waals surface area contributed by atoms with Crippen LogP contribution in [0.1, 0.15) is 45.4 Å². The monoisotopic (exact) mass is 434 g/mol. The molecule has 0 aliphatic carbocycles. The zero-order chi connectivity index (χ0) is 23.4. The van der Waals surface area contributed by atoms with Gasteiger partial charge in [-0.2, -0.15) is 0 Å². The van der Waals surface area contributed by atoms with Crippen molar-refractivity contribution in [2.75, 3.05) is 30.8 Å². The second kappa shape index (κ2) is 9.98. The van der Waals surface area contributed by atoms with Gasteiger partial charge in [-0.1, -0.05) is 34.1 Å². The van der Waals surface area contributed by atoms with Crippen LogP contribution >= 0.6 is 0 Å². The molecule has 32 heavy (non-hydrogen) atoms. The van der Waals surface area contributed by atoms with Crippen LogP contribution in [-0.4, -0.2) is 41.4 Å². The van der Waals surface area contributed by atoms with E-state index in [4.69, 9.17) is 15.7 Å². The van der Waals surface area contributed by atoms with Gasteiger partial charge in [0, 0.05) is 41.6 Å². The highest BCUT2D eigenvalue weighted by Gasteiger charge is 2.16. The van der Waals surface area contributed by atoms with Gasteiger partial charge >= 0.3 is 0 Å². The number of phenols is 1. The second-order valence-corrected chi connectivity index (χ2v) is 9.08. The van der Waals surface area contributed by atoms with Gasteiger partial charge in [0.15, 0.2) is 12.0 Å². The number of rotatable bonds is 8. The molecule has 0 amide bonds. The van der Waals surface area contributed by atoms with E-state index < -0.39 is 0 Å². The molecule has 4 N–H and O–H groups in total. The number of fused-ring (bicyclic) bond motifs is 1. The van der Waals surface area contributed by atoms with Crippen molar-refractivity contribution in [2.45, 2.75) is 41.0 Å². The number of aromatic hydroxyl groups is 1. The number of anilines is 2. The molecule has 6 nitrogen and oxygen atoms in total. The molecule has 3 aromatic rings. The lowest BCUT2D eigenvalue weighted by Crippen LogP contribution is -2.63. The third kappa shape index (κ3) is 5.18. The maximum atomic E-state index is 10.5. The fraction of sp³-hybridized carbons (Fsp3) is 0.423. The van der Waals surface area contributed by atoms with Crippen molar-refractivity contribution in [2.24, 2.45) is 11.8 Å². The number of nitrogens with one attached hydrogen (secondary N) is 1. The molecular formula is C26H36N5O+. The van der Waals surface area contributed by atoms with Crippen molar-refractivity contribution in [3.05, 3.63) is 41.6 Å². The molecular weight excluding hydrogens is 398 g/mol. The van der Waals surface area contributed by atoms with Crippen molar-refractivity contribution < 1.29 is 10.1 Å². The molecule has 0 spiro atoms. The first kappa shape index (κ1) is 23.5. The van der Waals surface area contributed by atoms with Crippen molar-refractivity contribution in [1.82, 2.24) is 9.97 Å². The van der Waals surface area contributed by atoms with Gasteiger partial charge in [-0.25, -0.2) is 9.97 Å². The molecule has 0 aliphatic heterocycles. The molecule has 2 aromatic carbocycles. The quantitative estimate of drug-likeness (QED) is 0.373. The molecule has 3 rings (SSSR count). The third-order valence-electron chi connectivity index (χ3n) is 5.79. The van der Waals surface area contributed by atoms with Crippen LogP contribution in [0.2, 0.25) is 0 Å². The normalized spacial score (nSPS) is 12.7. The molecule has 170 valence electrons. The number of nitrogens with zero attached hydrogens (tertiary/aromatic N) is 3. The van der Waals surface area contributed by atoms with Crippen LogP contribution in [0.3, 0.4) is 0 Å². The van der Waals surface area contributed by atoms with Crippen LogP contribution in [0.25, 0.3) is 22.3 Å². The number of nitrogens with two attached hydrogens (primary N) is 1. The summed E-state index contributed by atoms with van der Waals surface area (Å²) in [6.45, 7) is 13.1. The van der Waals surface area contributed by atoms with Crippen molar-refractivity contribution in [1.29, 1.82) is 0 Å². The van der Waals surface area contributed by atoms with E-state index in [2.05, 4.69) is 55.8 Å². The Hall–Kier alpha value is -3.15. The van der Waals surface area contributed by atoms with E-state index in [1.54, 1.807) is 12.3 Å². The van der Waals surface area contributed by atoms with E-state index in [-0.39, 0.29) is 5.75 Å². The first-order chi connectivity index (χ1) is 15.2. The minimum Gasteiger partial charge on any atom is -0.507 e. The molecule has 0 fully saturated rings. The lowest BCUT2D eigenvalue weighted by molar-refractivity contribution is -0.413. The molecule has 0 bridgehead atoms. The summed E-state index contributed by atoms with van der Waals surface area (Å²) in [4.78, 5) is 15.0. The fourth-order valence-corrected chi connectivity index (χ4v) is 3.90. The van der Waals surface area contributed by atoms with Gasteiger partial charge in [-0.3, -0.25) is 4.99 Å². The van der Waals surface area contributed by atoms with Crippen LogP contribution in [0, 0.1) is 18.8 Å². The van der Waals surface area contributed by atoms with Crippen molar-refractivity contribution in [3.8, 4) is 17.1 Å². The van der Waals surface area contributed by atoms with Gasteiger partial charge in [0.2, 0.25) is 0 Å². The third-order valence-corrected chi connectivity index (χ3v) is 5.79. The molecule has 0 saturated carbocycles. The highest BCUT2D eigenvalue weighted by molar-refractivity contribution is 5.90. The van der Waals surface area contributed by atoms with Crippen molar-refractivity contribution >= 4 is 28.5 Å². The number of aryl methyl sites for hydroxylation is 1. The van der Waals surface area contributed by atoms with E-state index in [0.29, 0.717) is 28.9 Å². The SMILES string of the molecule is CC[C@@H](C)CN(CC(C)C)c1ccc2nc(-c3cc(C=[NH+]C)c(N)cc3O)nc(C)c2c1. The topological polar surface area (TPSA) is 89.2 Å². The van der Waals surface area contributed by atoms with Gasteiger partial charge in [0.25, 0.3) is 0 Å². The summed E-state index contributed by atoms with van der Waals surface area (Å²) < 4.78 is 0. The van der Waals surface area contributed by atoms with Gasteiger partial charge in [-0.15, -0.1) is 0 Å². The minimum absolute atomic E-state index is 0.0720. The van der Waals surface area contributed by atoms with E-state index in [9.17, 15) is 5.11 Å². The summed E-state index contributed by atoms with van der Waals surface area (Å²) in [5.74, 6) is 1.76. The van der Waals surface area contributed by atoms with Crippen molar-refractivity contribution in [3.63, 3.8) is 0 Å². The average molecular weight is 435 g/mol. The number of aromatic nitrogens is 2. The largest absolute Gasteiger partial charge is 0.507 e. The number of benzene rings is 2. The molecule has 0 radical (unpaired) electrons. The Bertz CT molecular complexity index is 1120. The first-order valence-corrected chi connectivity index (χ1v) is 11.4. The maximum Gasteiger partial charge on any atom is 0.170 e. The number of hydrogen-bond acceptors (Lipinski definition) is 5. The minimum atomic E-state index is 0.0720. The smallest absolute Gasteiger partial charge is 0.170 e. The van der Waals surface area contributed by atoms with Gasteiger partial charge in [0.05, 0.1) is 16.6 Å². The Balaban J connectivity index is 2.06. The Morgan fingerprint density at radius 3 is 2.53 bits per heavy atom. The molecule has 0 aliphatic rings. The predicted molar refractivity (Wildman–Crippen MR) is 134 cm³/mol. The Morgan fingerprint density at radius 1 is 1.12 bits per heavy atom. The second-order valence-electron chi connectivity index (χ2n) is 9.08. The standard InChI is InChI=1S/C26H35N5O/c1-7-17(4)15-31(14-16(2)3)20-8-9-24-21(11-20)18(5)29-26(30-24)22-10-19(13-28-6)23(27)12-25(22)32/h8-13,16-17,32H,7,14-15,27H2,1-6H3/p+1/t17-/m1/s1. The molecule has 0 saturated heterocycles. The Morgan fingerprint density at radius 2 is 1.88 bits per heavy atom. The summed E-state index contributed by atoms with van der Waals surface area (Å²) in [6, 6.07) is 9.76. The van der Waals surface area contributed by atoms with Crippen LogP contribution in [0.4, 0.5) is 11.4 Å². The van der Waals surface area contributed by atoms with E-state index >= 15 is 0 Å². The lowest BCUT2D eigenvalue weighted by Gasteiger charge is -2.29. The number of hydrogen-bond donors (Lipinski definition) is 3. The van der Waals surface area contributed by atoms with Crippen LogP contribution in [0.15, 0.2) is 30.3 Å². The highest BCUT2D eigenvalue weighted by atomic mass is 16.3. The fourth-order valence-electron chi connectivity index (χ4n) is 3.90. The molecule has 1 heterocycles. The van der Waals surface area contributed by atoms with Gasteiger partial charge in [-0.05, 0) is 43.0 Å².